The van der Waals surface area contributed by atoms with Gasteiger partial charge in [-0.2, -0.15) is 0 Å². The molecule has 0 aliphatic carbocycles. The monoisotopic (exact) mass is 319 g/mol. The Morgan fingerprint density at radius 1 is 1.09 bits per heavy atom. The van der Waals surface area contributed by atoms with E-state index in [1.54, 1.807) is 12.1 Å². The van der Waals surface area contributed by atoms with Crippen LogP contribution in [0.4, 0.5) is 4.39 Å². The molecule has 0 atom stereocenters. The van der Waals surface area contributed by atoms with Crippen molar-refractivity contribution in [2.45, 2.75) is 6.54 Å². The number of hydrogen-bond acceptors (Lipinski definition) is 3. The molecule has 0 aromatic heterocycles. The van der Waals surface area contributed by atoms with Crippen LogP contribution in [-0.2, 0) is 11.3 Å². The zero-order valence-electron chi connectivity index (χ0n) is 12.1. The predicted molar refractivity (Wildman–Crippen MR) is 87.5 cm³/mol. The summed E-state index contributed by atoms with van der Waals surface area (Å²) in [6.45, 7) is 0.986. The van der Waals surface area contributed by atoms with Gasteiger partial charge >= 0.3 is 0 Å². The highest BCUT2D eigenvalue weighted by Crippen LogP contribution is 2.09. The molecule has 2 aromatic carbocycles. The summed E-state index contributed by atoms with van der Waals surface area (Å²) in [6, 6.07) is 15.7. The Kier molecular flexibility index (Phi) is 6.77. The zero-order chi connectivity index (χ0) is 15.6. The minimum Gasteiger partial charge on any atom is -0.493 e. The summed E-state index contributed by atoms with van der Waals surface area (Å²) < 4.78 is 18.3. The number of carbonyl (C=O) groups is 1. The molecule has 0 fully saturated rings. The smallest absolute Gasteiger partial charge is 0.230 e. The first-order valence-electron chi connectivity index (χ1n) is 7.01. The van der Waals surface area contributed by atoms with Crippen molar-refractivity contribution < 1.29 is 13.9 Å². The van der Waals surface area contributed by atoms with Crippen LogP contribution in [0.5, 0.6) is 5.75 Å². The minimum atomic E-state index is -0.274. The first-order chi connectivity index (χ1) is 10.7. The van der Waals surface area contributed by atoms with E-state index < -0.39 is 0 Å². The van der Waals surface area contributed by atoms with Crippen LogP contribution in [-0.4, -0.2) is 24.0 Å². The van der Waals surface area contributed by atoms with Gasteiger partial charge < -0.3 is 10.1 Å². The van der Waals surface area contributed by atoms with Gasteiger partial charge in [-0.3, -0.25) is 4.79 Å². The van der Waals surface area contributed by atoms with E-state index in [1.807, 2.05) is 30.3 Å². The fourth-order valence-corrected chi connectivity index (χ4v) is 2.39. The standard InChI is InChI=1S/C17H18FNO2S/c18-15-8-6-14(7-9-15)12-19-17(20)13-22-11-10-21-16-4-2-1-3-5-16/h1-9H,10-13H2,(H,19,20). The van der Waals surface area contributed by atoms with Crippen LogP contribution in [0, 0.1) is 5.82 Å². The van der Waals surface area contributed by atoms with Gasteiger partial charge in [-0.15, -0.1) is 11.8 Å². The maximum atomic E-state index is 12.7. The summed E-state index contributed by atoms with van der Waals surface area (Å²) in [4.78, 5) is 11.7. The lowest BCUT2D eigenvalue weighted by Crippen LogP contribution is -2.24. The second-order valence-corrected chi connectivity index (χ2v) is 5.72. The van der Waals surface area contributed by atoms with Gasteiger partial charge in [-0.25, -0.2) is 4.39 Å². The third kappa shape index (κ3) is 6.18. The molecule has 0 unspecified atom stereocenters. The number of amides is 1. The van der Waals surface area contributed by atoms with Crippen molar-refractivity contribution in [1.82, 2.24) is 5.32 Å². The van der Waals surface area contributed by atoms with Crippen LogP contribution in [0.3, 0.4) is 0 Å². The molecule has 0 saturated carbocycles. The molecule has 2 rings (SSSR count). The van der Waals surface area contributed by atoms with Crippen LogP contribution in [0.25, 0.3) is 0 Å². The molecule has 22 heavy (non-hydrogen) atoms. The van der Waals surface area contributed by atoms with E-state index in [0.29, 0.717) is 18.9 Å². The van der Waals surface area contributed by atoms with Gasteiger partial charge in [0.2, 0.25) is 5.91 Å². The average Bonchev–Trinajstić information content (AvgIpc) is 2.55. The molecular formula is C17H18FNO2S. The van der Waals surface area contributed by atoms with Crippen molar-refractivity contribution in [3.63, 3.8) is 0 Å². The number of rotatable bonds is 8. The van der Waals surface area contributed by atoms with Crippen LogP contribution in [0.15, 0.2) is 54.6 Å². The Bertz CT molecular complexity index is 575. The number of halogens is 1. The van der Waals surface area contributed by atoms with Crippen molar-refractivity contribution in [2.24, 2.45) is 0 Å². The zero-order valence-corrected chi connectivity index (χ0v) is 12.9. The van der Waals surface area contributed by atoms with Crippen molar-refractivity contribution in [2.75, 3.05) is 18.1 Å². The van der Waals surface area contributed by atoms with Gasteiger partial charge in [0.1, 0.15) is 11.6 Å². The Balaban J connectivity index is 1.55. The van der Waals surface area contributed by atoms with Crippen molar-refractivity contribution in [3.8, 4) is 5.75 Å². The number of ether oxygens (including phenoxy) is 1. The van der Waals surface area contributed by atoms with Gasteiger partial charge in [0.15, 0.2) is 0 Å². The van der Waals surface area contributed by atoms with Crippen LogP contribution in [0.2, 0.25) is 0 Å². The first kappa shape index (κ1) is 16.4. The minimum absolute atomic E-state index is 0.0333. The maximum absolute atomic E-state index is 12.7. The number of carbonyl (C=O) groups excluding carboxylic acids is 1. The van der Waals surface area contributed by atoms with Crippen LogP contribution in [0.1, 0.15) is 5.56 Å². The summed E-state index contributed by atoms with van der Waals surface area (Å²) in [5.74, 6) is 1.67. The highest BCUT2D eigenvalue weighted by molar-refractivity contribution is 7.99. The molecule has 5 heteroatoms. The van der Waals surface area contributed by atoms with E-state index in [2.05, 4.69) is 5.32 Å². The van der Waals surface area contributed by atoms with Gasteiger partial charge in [-0.1, -0.05) is 30.3 Å². The third-order valence-electron chi connectivity index (χ3n) is 2.88. The molecule has 0 radical (unpaired) electrons. The molecule has 116 valence electrons. The van der Waals surface area contributed by atoms with E-state index in [-0.39, 0.29) is 11.7 Å². The van der Waals surface area contributed by atoms with Gasteiger partial charge in [0.05, 0.1) is 12.4 Å². The highest BCUT2D eigenvalue weighted by atomic mass is 32.2. The molecule has 0 spiro atoms. The molecule has 0 heterocycles. The fraction of sp³-hybridized carbons (Fsp3) is 0.235. The molecule has 2 aromatic rings. The van der Waals surface area contributed by atoms with E-state index in [1.165, 1.54) is 23.9 Å². The fourth-order valence-electron chi connectivity index (χ4n) is 1.75. The molecule has 3 nitrogen and oxygen atoms in total. The summed E-state index contributed by atoms with van der Waals surface area (Å²) in [6.07, 6.45) is 0. The summed E-state index contributed by atoms with van der Waals surface area (Å²) in [5, 5.41) is 2.80. The number of nitrogens with one attached hydrogen (secondary N) is 1. The molecule has 1 N–H and O–H groups in total. The SMILES string of the molecule is O=C(CSCCOc1ccccc1)NCc1ccc(F)cc1. The normalized spacial score (nSPS) is 10.2. The third-order valence-corrected chi connectivity index (χ3v) is 3.80. The molecular weight excluding hydrogens is 301 g/mol. The lowest BCUT2D eigenvalue weighted by Gasteiger charge is -2.07. The Morgan fingerprint density at radius 2 is 1.82 bits per heavy atom. The number of para-hydroxylation sites is 1. The average molecular weight is 319 g/mol. The molecule has 0 saturated heterocycles. The quantitative estimate of drug-likeness (QED) is 0.759. The van der Waals surface area contributed by atoms with Crippen LogP contribution >= 0.6 is 11.8 Å². The Morgan fingerprint density at radius 3 is 2.55 bits per heavy atom. The number of thioether (sulfide) groups is 1. The predicted octanol–water partition coefficient (Wildman–Crippen LogP) is 3.25. The lowest BCUT2D eigenvalue weighted by molar-refractivity contribution is -0.118. The van der Waals surface area contributed by atoms with E-state index in [9.17, 15) is 9.18 Å². The second-order valence-electron chi connectivity index (χ2n) is 4.62. The largest absolute Gasteiger partial charge is 0.493 e. The van der Waals surface area contributed by atoms with Crippen LogP contribution < -0.4 is 10.1 Å². The van der Waals surface area contributed by atoms with Gasteiger partial charge in [0, 0.05) is 12.3 Å². The van der Waals surface area contributed by atoms with E-state index >= 15 is 0 Å². The Labute approximate surface area is 133 Å². The van der Waals surface area contributed by atoms with Gasteiger partial charge in [0.25, 0.3) is 0 Å². The Hall–Kier alpha value is -2.01. The first-order valence-corrected chi connectivity index (χ1v) is 8.16. The van der Waals surface area contributed by atoms with E-state index in [4.69, 9.17) is 4.74 Å². The van der Waals surface area contributed by atoms with Crippen molar-refractivity contribution >= 4 is 17.7 Å². The summed E-state index contributed by atoms with van der Waals surface area (Å²) in [7, 11) is 0. The topological polar surface area (TPSA) is 38.3 Å². The summed E-state index contributed by atoms with van der Waals surface area (Å²) >= 11 is 1.52. The summed E-state index contributed by atoms with van der Waals surface area (Å²) in [5.41, 5.74) is 0.882. The van der Waals surface area contributed by atoms with E-state index in [0.717, 1.165) is 17.1 Å². The molecule has 0 bridgehead atoms. The van der Waals surface area contributed by atoms with Gasteiger partial charge in [-0.05, 0) is 29.8 Å². The lowest BCUT2D eigenvalue weighted by atomic mass is 10.2. The number of benzene rings is 2. The number of hydrogen-bond donors (Lipinski definition) is 1. The molecule has 1 amide bonds. The second kappa shape index (κ2) is 9.10. The van der Waals surface area contributed by atoms with Crippen molar-refractivity contribution in [1.29, 1.82) is 0 Å². The highest BCUT2D eigenvalue weighted by Gasteiger charge is 2.02. The molecule has 0 aliphatic heterocycles. The van der Waals surface area contributed by atoms with Crippen molar-refractivity contribution in [3.05, 3.63) is 66.0 Å². The maximum Gasteiger partial charge on any atom is 0.230 e. The molecule has 0 aliphatic rings.